The molecule has 0 aliphatic rings. The standard InChI is InChI=1S/C9H13N5O3/c1-17-6-5-12-9(10)13-8-7(14(15)16)3-2-4-11-8/h2-4H,5-6H2,1H3,(H3,10,11,12,13). The first-order valence-corrected chi connectivity index (χ1v) is 4.80. The lowest BCUT2D eigenvalue weighted by atomic mass is 10.4. The summed E-state index contributed by atoms with van der Waals surface area (Å²) in [6.45, 7) is 0.794. The summed E-state index contributed by atoms with van der Waals surface area (Å²) in [7, 11) is 1.54. The van der Waals surface area contributed by atoms with E-state index in [-0.39, 0.29) is 17.5 Å². The van der Waals surface area contributed by atoms with E-state index >= 15 is 0 Å². The number of nitrogens with one attached hydrogen (secondary N) is 1. The van der Waals surface area contributed by atoms with Crippen LogP contribution in [0.15, 0.2) is 23.3 Å². The van der Waals surface area contributed by atoms with Gasteiger partial charge in [0.2, 0.25) is 5.82 Å². The number of nitrogens with two attached hydrogens (primary N) is 1. The van der Waals surface area contributed by atoms with Crippen LogP contribution in [-0.2, 0) is 4.74 Å². The highest BCUT2D eigenvalue weighted by Crippen LogP contribution is 2.19. The number of aliphatic imine (C=N–C) groups is 1. The topological polar surface area (TPSA) is 116 Å². The van der Waals surface area contributed by atoms with E-state index < -0.39 is 4.92 Å². The second-order valence-electron chi connectivity index (χ2n) is 3.01. The van der Waals surface area contributed by atoms with Crippen molar-refractivity contribution in [3.8, 4) is 0 Å². The molecule has 92 valence electrons. The van der Waals surface area contributed by atoms with Crippen molar-refractivity contribution >= 4 is 17.5 Å². The quantitative estimate of drug-likeness (QED) is 0.252. The summed E-state index contributed by atoms with van der Waals surface area (Å²) in [5.41, 5.74) is 5.38. The first kappa shape index (κ1) is 12.8. The normalized spacial score (nSPS) is 11.2. The van der Waals surface area contributed by atoms with E-state index in [9.17, 15) is 10.1 Å². The number of rotatable bonds is 5. The van der Waals surface area contributed by atoms with Crippen molar-refractivity contribution in [2.24, 2.45) is 10.7 Å². The molecule has 1 rings (SSSR count). The van der Waals surface area contributed by atoms with E-state index in [0.717, 1.165) is 0 Å². The first-order valence-electron chi connectivity index (χ1n) is 4.80. The van der Waals surface area contributed by atoms with Crippen molar-refractivity contribution in [1.82, 2.24) is 4.98 Å². The Morgan fingerprint density at radius 2 is 2.53 bits per heavy atom. The highest BCUT2D eigenvalue weighted by Gasteiger charge is 2.14. The fourth-order valence-electron chi connectivity index (χ4n) is 1.06. The lowest BCUT2D eigenvalue weighted by molar-refractivity contribution is -0.384. The molecule has 0 bridgehead atoms. The largest absolute Gasteiger partial charge is 0.383 e. The average molecular weight is 239 g/mol. The SMILES string of the molecule is COCCN=C(N)Nc1ncccc1[N+](=O)[O-]. The zero-order valence-corrected chi connectivity index (χ0v) is 9.29. The van der Waals surface area contributed by atoms with Crippen LogP contribution in [0, 0.1) is 10.1 Å². The predicted molar refractivity (Wildman–Crippen MR) is 62.9 cm³/mol. The number of anilines is 1. The molecule has 17 heavy (non-hydrogen) atoms. The molecule has 0 aliphatic carbocycles. The van der Waals surface area contributed by atoms with Gasteiger partial charge >= 0.3 is 5.69 Å². The second kappa shape index (κ2) is 6.38. The summed E-state index contributed by atoms with van der Waals surface area (Å²) in [5.74, 6) is 0.125. The number of hydrogen-bond acceptors (Lipinski definition) is 5. The molecule has 0 aliphatic heterocycles. The molecule has 0 saturated heterocycles. The monoisotopic (exact) mass is 239 g/mol. The molecule has 1 aromatic heterocycles. The number of ether oxygens (including phenoxy) is 1. The maximum Gasteiger partial charge on any atom is 0.311 e. The molecule has 8 heteroatoms. The second-order valence-corrected chi connectivity index (χ2v) is 3.01. The van der Waals surface area contributed by atoms with E-state index in [4.69, 9.17) is 10.5 Å². The summed E-state index contributed by atoms with van der Waals surface area (Å²) in [4.78, 5) is 17.9. The van der Waals surface area contributed by atoms with Crippen LogP contribution < -0.4 is 11.1 Å². The highest BCUT2D eigenvalue weighted by molar-refractivity contribution is 5.93. The summed E-state index contributed by atoms with van der Waals surface area (Å²) in [5, 5.41) is 13.3. The highest BCUT2D eigenvalue weighted by atomic mass is 16.6. The molecule has 0 saturated carbocycles. The summed E-state index contributed by atoms with van der Waals surface area (Å²) >= 11 is 0. The Hall–Kier alpha value is -2.22. The molecule has 1 heterocycles. The van der Waals surface area contributed by atoms with Gasteiger partial charge in [0.1, 0.15) is 0 Å². The van der Waals surface area contributed by atoms with Crippen LogP contribution in [0.1, 0.15) is 0 Å². The molecule has 0 amide bonds. The molecule has 0 spiro atoms. The van der Waals surface area contributed by atoms with Gasteiger partial charge in [-0.15, -0.1) is 0 Å². The molecule has 0 unspecified atom stereocenters. The van der Waals surface area contributed by atoms with Crippen LogP contribution in [-0.4, -0.2) is 36.1 Å². The fraction of sp³-hybridized carbons (Fsp3) is 0.333. The lowest BCUT2D eigenvalue weighted by Crippen LogP contribution is -2.24. The molecule has 1 aromatic rings. The Labute approximate surface area is 97.7 Å². The van der Waals surface area contributed by atoms with E-state index in [1.54, 1.807) is 7.11 Å². The van der Waals surface area contributed by atoms with Gasteiger partial charge in [-0.25, -0.2) is 4.98 Å². The Morgan fingerprint density at radius 3 is 3.18 bits per heavy atom. The Morgan fingerprint density at radius 1 is 1.76 bits per heavy atom. The molecule has 0 radical (unpaired) electrons. The van der Waals surface area contributed by atoms with Gasteiger partial charge < -0.3 is 15.8 Å². The van der Waals surface area contributed by atoms with Gasteiger partial charge in [-0.05, 0) is 6.07 Å². The van der Waals surface area contributed by atoms with Crippen LogP contribution in [0.5, 0.6) is 0 Å². The molecule has 0 aromatic carbocycles. The zero-order chi connectivity index (χ0) is 12.7. The minimum Gasteiger partial charge on any atom is -0.383 e. The minimum absolute atomic E-state index is 0.0591. The molecular formula is C9H13N5O3. The first-order chi connectivity index (χ1) is 8.15. The predicted octanol–water partition coefficient (Wildman–Crippen LogP) is 0.363. The Balaban J connectivity index is 2.74. The maximum absolute atomic E-state index is 10.7. The summed E-state index contributed by atoms with van der Waals surface area (Å²) < 4.78 is 4.79. The third-order valence-electron chi connectivity index (χ3n) is 1.81. The van der Waals surface area contributed by atoms with Crippen molar-refractivity contribution in [2.75, 3.05) is 25.6 Å². The molecular weight excluding hydrogens is 226 g/mol. The van der Waals surface area contributed by atoms with Gasteiger partial charge in [0.05, 0.1) is 18.1 Å². The molecule has 8 nitrogen and oxygen atoms in total. The maximum atomic E-state index is 10.7. The van der Waals surface area contributed by atoms with E-state index in [1.807, 2.05) is 0 Å². The van der Waals surface area contributed by atoms with Crippen molar-refractivity contribution in [2.45, 2.75) is 0 Å². The number of guanidine groups is 1. The van der Waals surface area contributed by atoms with Gasteiger partial charge in [-0.2, -0.15) is 0 Å². The molecule has 0 fully saturated rings. The average Bonchev–Trinajstić information content (AvgIpc) is 2.29. The number of aromatic nitrogens is 1. The van der Waals surface area contributed by atoms with Crippen LogP contribution in [0.2, 0.25) is 0 Å². The van der Waals surface area contributed by atoms with Crippen molar-refractivity contribution in [3.05, 3.63) is 28.4 Å². The van der Waals surface area contributed by atoms with E-state index in [0.29, 0.717) is 13.2 Å². The third-order valence-corrected chi connectivity index (χ3v) is 1.81. The van der Waals surface area contributed by atoms with Crippen molar-refractivity contribution in [1.29, 1.82) is 0 Å². The zero-order valence-electron chi connectivity index (χ0n) is 9.29. The number of methoxy groups -OCH3 is 1. The number of pyridine rings is 1. The van der Waals surface area contributed by atoms with Crippen LogP contribution in [0.3, 0.4) is 0 Å². The third kappa shape index (κ3) is 4.03. The number of hydrogen-bond donors (Lipinski definition) is 2. The van der Waals surface area contributed by atoms with Gasteiger partial charge in [0.15, 0.2) is 5.96 Å². The van der Waals surface area contributed by atoms with E-state index in [1.165, 1.54) is 18.3 Å². The minimum atomic E-state index is -0.544. The van der Waals surface area contributed by atoms with Crippen molar-refractivity contribution < 1.29 is 9.66 Å². The number of nitro groups is 1. The van der Waals surface area contributed by atoms with Gasteiger partial charge in [0, 0.05) is 19.4 Å². The Bertz CT molecular complexity index is 421. The van der Waals surface area contributed by atoms with Gasteiger partial charge in [-0.3, -0.25) is 15.1 Å². The molecule has 0 atom stereocenters. The summed E-state index contributed by atoms with van der Waals surface area (Å²) in [6.07, 6.45) is 1.43. The Kier molecular flexibility index (Phi) is 4.82. The summed E-state index contributed by atoms with van der Waals surface area (Å²) in [6, 6.07) is 2.80. The molecule has 3 N–H and O–H groups in total. The van der Waals surface area contributed by atoms with Crippen LogP contribution in [0.4, 0.5) is 11.5 Å². The van der Waals surface area contributed by atoms with Gasteiger partial charge in [0.25, 0.3) is 0 Å². The van der Waals surface area contributed by atoms with Gasteiger partial charge in [-0.1, -0.05) is 0 Å². The van der Waals surface area contributed by atoms with Crippen molar-refractivity contribution in [3.63, 3.8) is 0 Å². The number of nitrogens with zero attached hydrogens (tertiary/aromatic N) is 3. The van der Waals surface area contributed by atoms with E-state index in [2.05, 4.69) is 15.3 Å². The lowest BCUT2D eigenvalue weighted by Gasteiger charge is -2.04. The van der Waals surface area contributed by atoms with Crippen LogP contribution in [0.25, 0.3) is 0 Å². The smallest absolute Gasteiger partial charge is 0.311 e. The van der Waals surface area contributed by atoms with Crippen LogP contribution >= 0.6 is 0 Å². The fourth-order valence-corrected chi connectivity index (χ4v) is 1.06.